The summed E-state index contributed by atoms with van der Waals surface area (Å²) in [5, 5.41) is 3.41. The Hall–Kier alpha value is -1.90. The molecule has 0 aromatic heterocycles. The third kappa shape index (κ3) is 5.81. The van der Waals surface area contributed by atoms with Crippen molar-refractivity contribution in [1.82, 2.24) is 15.5 Å². The van der Waals surface area contributed by atoms with Crippen molar-refractivity contribution < 1.29 is 22.8 Å². The maximum absolute atomic E-state index is 13.5. The first-order valence-corrected chi connectivity index (χ1v) is 11.0. The summed E-state index contributed by atoms with van der Waals surface area (Å²) in [4.78, 5) is 26.0. The molecule has 1 aromatic carbocycles. The van der Waals surface area contributed by atoms with Crippen LogP contribution in [0.25, 0.3) is 0 Å². The van der Waals surface area contributed by atoms with E-state index in [1.807, 2.05) is 30.3 Å². The fourth-order valence-electron chi connectivity index (χ4n) is 3.80. The zero-order chi connectivity index (χ0) is 20.9. The molecule has 0 unspecified atom stereocenters. The van der Waals surface area contributed by atoms with Crippen LogP contribution < -0.4 is 10.6 Å². The molecule has 3 rings (SSSR count). The predicted octanol–water partition coefficient (Wildman–Crippen LogP) is 3.69. The Bertz CT molecular complexity index is 696. The third-order valence-corrected chi connectivity index (χ3v) is 6.62. The molecule has 1 aliphatic carbocycles. The highest BCUT2D eigenvalue weighted by Gasteiger charge is 2.54. The van der Waals surface area contributed by atoms with Gasteiger partial charge in [-0.15, -0.1) is 11.8 Å². The molecule has 160 valence electrons. The van der Waals surface area contributed by atoms with E-state index in [1.165, 1.54) is 0 Å². The Labute approximate surface area is 172 Å². The Balaban J connectivity index is 1.63. The molecule has 1 saturated heterocycles. The van der Waals surface area contributed by atoms with Gasteiger partial charge in [0.05, 0.1) is 0 Å². The topological polar surface area (TPSA) is 61.4 Å². The first-order chi connectivity index (χ1) is 13.9. The molecule has 29 heavy (non-hydrogen) atoms. The van der Waals surface area contributed by atoms with E-state index < -0.39 is 29.5 Å². The Morgan fingerprint density at radius 3 is 2.45 bits per heavy atom. The van der Waals surface area contributed by atoms with Gasteiger partial charge in [0.25, 0.3) is 0 Å². The number of hydrogen-bond acceptors (Lipinski definition) is 3. The van der Waals surface area contributed by atoms with Crippen molar-refractivity contribution >= 4 is 23.7 Å². The zero-order valence-electron chi connectivity index (χ0n) is 16.1. The van der Waals surface area contributed by atoms with Crippen molar-refractivity contribution in [3.63, 3.8) is 0 Å². The largest absolute Gasteiger partial charge is 0.418 e. The van der Waals surface area contributed by atoms with Crippen LogP contribution in [0.2, 0.25) is 0 Å². The van der Waals surface area contributed by atoms with Gasteiger partial charge in [0.2, 0.25) is 5.91 Å². The second-order valence-electron chi connectivity index (χ2n) is 7.46. The molecule has 3 amide bonds. The molecule has 0 spiro atoms. The molecule has 1 aromatic rings. The highest BCUT2D eigenvalue weighted by Crippen LogP contribution is 2.40. The number of carbonyl (C=O) groups is 2. The fraction of sp³-hybridized carbons (Fsp3) is 0.600. The molecule has 1 aliphatic heterocycles. The smallest absolute Gasteiger partial charge is 0.354 e. The van der Waals surface area contributed by atoms with Crippen LogP contribution >= 0.6 is 11.8 Å². The van der Waals surface area contributed by atoms with Gasteiger partial charge in [0.1, 0.15) is 6.04 Å². The molecule has 2 fully saturated rings. The minimum atomic E-state index is -4.59. The van der Waals surface area contributed by atoms with Gasteiger partial charge in [-0.3, -0.25) is 9.69 Å². The summed E-state index contributed by atoms with van der Waals surface area (Å²) < 4.78 is 40.5. The van der Waals surface area contributed by atoms with Crippen molar-refractivity contribution in [2.75, 3.05) is 12.3 Å². The van der Waals surface area contributed by atoms with Crippen LogP contribution in [0.5, 0.6) is 0 Å². The standard InChI is InChI=1S/C20H26F3N3O2S/c21-20(22,23)18-26(19(28)25-15-9-5-2-6-10-15)16(13-29-18)17(27)24-12-11-14-7-3-1-4-8-14/h1,3-4,7-8,15-16,18H,2,5-6,9-13H2,(H,24,27)(H,25,28)/t16-,18-/m0/s1. The molecule has 1 heterocycles. The highest BCUT2D eigenvalue weighted by molar-refractivity contribution is 8.00. The van der Waals surface area contributed by atoms with Gasteiger partial charge in [-0.2, -0.15) is 13.2 Å². The van der Waals surface area contributed by atoms with E-state index in [1.54, 1.807) is 0 Å². The van der Waals surface area contributed by atoms with Crippen LogP contribution in [-0.2, 0) is 11.2 Å². The Morgan fingerprint density at radius 1 is 1.10 bits per heavy atom. The first-order valence-electron chi connectivity index (χ1n) is 9.95. The summed E-state index contributed by atoms with van der Waals surface area (Å²) >= 11 is 0.593. The van der Waals surface area contributed by atoms with Crippen LogP contribution in [0.15, 0.2) is 30.3 Å². The summed E-state index contributed by atoms with van der Waals surface area (Å²) in [5.74, 6) is -0.613. The molecular weight excluding hydrogens is 403 g/mol. The van der Waals surface area contributed by atoms with Crippen LogP contribution in [0.4, 0.5) is 18.0 Å². The number of rotatable bonds is 5. The monoisotopic (exact) mass is 429 g/mol. The van der Waals surface area contributed by atoms with Crippen molar-refractivity contribution in [2.45, 2.75) is 62.2 Å². The minimum absolute atomic E-state index is 0.0700. The van der Waals surface area contributed by atoms with Crippen molar-refractivity contribution in [1.29, 1.82) is 0 Å². The molecule has 0 radical (unpaired) electrons. The number of nitrogens with zero attached hydrogens (tertiary/aromatic N) is 1. The van der Waals surface area contributed by atoms with Gasteiger partial charge in [-0.05, 0) is 24.8 Å². The number of carbonyl (C=O) groups excluding carboxylic acids is 2. The molecule has 2 aliphatic rings. The number of urea groups is 1. The lowest BCUT2D eigenvalue weighted by Crippen LogP contribution is -2.57. The second-order valence-corrected chi connectivity index (χ2v) is 8.57. The van der Waals surface area contributed by atoms with Crippen molar-refractivity contribution in [3.8, 4) is 0 Å². The average Bonchev–Trinajstić information content (AvgIpc) is 3.15. The van der Waals surface area contributed by atoms with Crippen LogP contribution in [0, 0.1) is 0 Å². The summed E-state index contributed by atoms with van der Waals surface area (Å²) in [6.45, 7) is 0.304. The lowest BCUT2D eigenvalue weighted by Gasteiger charge is -2.32. The second kappa shape index (κ2) is 9.73. The van der Waals surface area contributed by atoms with Gasteiger partial charge < -0.3 is 10.6 Å². The Morgan fingerprint density at radius 2 is 1.79 bits per heavy atom. The number of amides is 3. The maximum Gasteiger partial charge on any atom is 0.418 e. The zero-order valence-corrected chi connectivity index (χ0v) is 16.9. The van der Waals surface area contributed by atoms with Gasteiger partial charge in [0.15, 0.2) is 5.37 Å². The summed E-state index contributed by atoms with van der Waals surface area (Å²) in [5.41, 5.74) is 1.02. The van der Waals surface area contributed by atoms with Crippen molar-refractivity contribution in [2.24, 2.45) is 0 Å². The summed E-state index contributed by atoms with van der Waals surface area (Å²) in [6.07, 6.45) is 0.479. The van der Waals surface area contributed by atoms with E-state index in [4.69, 9.17) is 0 Å². The van der Waals surface area contributed by atoms with Crippen molar-refractivity contribution in [3.05, 3.63) is 35.9 Å². The van der Waals surface area contributed by atoms with Gasteiger partial charge in [0, 0.05) is 18.3 Å². The first kappa shape index (κ1) is 21.8. The molecular formula is C20H26F3N3O2S. The summed E-state index contributed by atoms with van der Waals surface area (Å²) in [7, 11) is 0. The molecule has 5 nitrogen and oxygen atoms in total. The molecule has 9 heteroatoms. The van der Waals surface area contributed by atoms with Crippen LogP contribution in [0.1, 0.15) is 37.7 Å². The highest BCUT2D eigenvalue weighted by atomic mass is 32.2. The van der Waals surface area contributed by atoms with Crippen LogP contribution in [0.3, 0.4) is 0 Å². The SMILES string of the molecule is O=C(NCCc1ccccc1)[C@@H]1CS[C@@H](C(F)(F)F)N1C(=O)NC1CCCCC1. The van der Waals surface area contributed by atoms with Crippen LogP contribution in [-0.4, -0.2) is 52.8 Å². The maximum atomic E-state index is 13.5. The molecule has 1 saturated carbocycles. The van der Waals surface area contributed by atoms with E-state index in [9.17, 15) is 22.8 Å². The average molecular weight is 430 g/mol. The number of benzene rings is 1. The normalized spacial score (nSPS) is 23.1. The lowest BCUT2D eigenvalue weighted by atomic mass is 9.96. The predicted molar refractivity (Wildman–Crippen MR) is 106 cm³/mol. The van der Waals surface area contributed by atoms with E-state index >= 15 is 0 Å². The summed E-state index contributed by atoms with van der Waals surface area (Å²) in [6, 6.07) is 7.43. The molecule has 2 atom stereocenters. The number of hydrogen-bond donors (Lipinski definition) is 2. The lowest BCUT2D eigenvalue weighted by molar-refractivity contribution is -0.154. The van der Waals surface area contributed by atoms with E-state index in [2.05, 4.69) is 10.6 Å². The van der Waals surface area contributed by atoms with E-state index in [0.717, 1.165) is 37.7 Å². The fourth-order valence-corrected chi connectivity index (χ4v) is 5.07. The van der Waals surface area contributed by atoms with Gasteiger partial charge >= 0.3 is 12.2 Å². The Kier molecular flexibility index (Phi) is 7.32. The number of alkyl halides is 3. The van der Waals surface area contributed by atoms with E-state index in [0.29, 0.717) is 29.6 Å². The quantitative estimate of drug-likeness (QED) is 0.751. The van der Waals surface area contributed by atoms with Gasteiger partial charge in [-0.25, -0.2) is 4.79 Å². The number of halogens is 3. The number of thioether (sulfide) groups is 1. The van der Waals surface area contributed by atoms with Gasteiger partial charge in [-0.1, -0.05) is 49.6 Å². The number of nitrogens with one attached hydrogen (secondary N) is 2. The minimum Gasteiger partial charge on any atom is -0.354 e. The van der Waals surface area contributed by atoms with E-state index in [-0.39, 0.29) is 11.8 Å². The molecule has 0 bridgehead atoms. The third-order valence-electron chi connectivity index (χ3n) is 5.31. The molecule has 2 N–H and O–H groups in total.